The van der Waals surface area contributed by atoms with Crippen molar-refractivity contribution in [2.75, 3.05) is 0 Å². The van der Waals surface area contributed by atoms with Gasteiger partial charge < -0.3 is 10.1 Å². The van der Waals surface area contributed by atoms with Gasteiger partial charge in [0.25, 0.3) is 5.91 Å². The molecular formula is C15H20ClNO3. The maximum atomic E-state index is 12.0. The van der Waals surface area contributed by atoms with Gasteiger partial charge in [-0.2, -0.15) is 0 Å². The quantitative estimate of drug-likeness (QED) is 0.786. The molecule has 1 amide bonds. The van der Waals surface area contributed by atoms with Crippen molar-refractivity contribution in [3.63, 3.8) is 0 Å². The predicted octanol–water partition coefficient (Wildman–Crippen LogP) is 3.22. The van der Waals surface area contributed by atoms with E-state index >= 15 is 0 Å². The van der Waals surface area contributed by atoms with Crippen molar-refractivity contribution in [1.29, 1.82) is 0 Å². The summed E-state index contributed by atoms with van der Waals surface area (Å²) in [6.45, 7) is 5.65. The number of nitrogens with one attached hydrogen (secondary N) is 1. The van der Waals surface area contributed by atoms with Gasteiger partial charge in [0.05, 0.1) is 10.6 Å². The van der Waals surface area contributed by atoms with Gasteiger partial charge in [0.1, 0.15) is 5.75 Å². The van der Waals surface area contributed by atoms with E-state index in [0.717, 1.165) is 12.8 Å². The third kappa shape index (κ3) is 4.53. The van der Waals surface area contributed by atoms with Crippen LogP contribution in [-0.4, -0.2) is 24.3 Å². The van der Waals surface area contributed by atoms with Crippen LogP contribution in [-0.2, 0) is 4.79 Å². The zero-order valence-corrected chi connectivity index (χ0v) is 12.7. The lowest BCUT2D eigenvalue weighted by atomic mass is 10.2. The fourth-order valence-electron chi connectivity index (χ4n) is 1.84. The molecule has 5 heteroatoms. The standard InChI is InChI=1S/C15H20ClNO3/c1-4-6-10(2)17-15(19)11(3)20-14-8-5-7-13(16)12(14)9-18/h5,7-11H,4,6H2,1-3H3,(H,17,19). The van der Waals surface area contributed by atoms with Gasteiger partial charge in [-0.25, -0.2) is 0 Å². The highest BCUT2D eigenvalue weighted by atomic mass is 35.5. The van der Waals surface area contributed by atoms with E-state index < -0.39 is 6.10 Å². The van der Waals surface area contributed by atoms with Crippen molar-refractivity contribution in [3.05, 3.63) is 28.8 Å². The van der Waals surface area contributed by atoms with Crippen LogP contribution in [0.1, 0.15) is 44.0 Å². The van der Waals surface area contributed by atoms with Crippen LogP contribution in [0.3, 0.4) is 0 Å². The summed E-state index contributed by atoms with van der Waals surface area (Å²) in [6.07, 6.45) is 1.85. The van der Waals surface area contributed by atoms with Crippen LogP contribution in [0.25, 0.3) is 0 Å². The second kappa shape index (κ2) is 7.90. The number of rotatable bonds is 7. The molecule has 0 heterocycles. The fraction of sp³-hybridized carbons (Fsp3) is 0.467. The Morgan fingerprint density at radius 2 is 2.15 bits per heavy atom. The Hall–Kier alpha value is -1.55. The Bertz CT molecular complexity index is 476. The first-order chi connectivity index (χ1) is 9.49. The molecule has 1 rings (SSSR count). The maximum Gasteiger partial charge on any atom is 0.260 e. The number of aldehydes is 1. The van der Waals surface area contributed by atoms with E-state index in [2.05, 4.69) is 12.2 Å². The second-order valence-electron chi connectivity index (χ2n) is 4.73. The normalized spacial score (nSPS) is 13.4. The van der Waals surface area contributed by atoms with Gasteiger partial charge >= 0.3 is 0 Å². The highest BCUT2D eigenvalue weighted by molar-refractivity contribution is 6.33. The van der Waals surface area contributed by atoms with E-state index in [1.165, 1.54) is 0 Å². The van der Waals surface area contributed by atoms with Crippen molar-refractivity contribution in [1.82, 2.24) is 5.32 Å². The molecule has 0 saturated carbocycles. The van der Waals surface area contributed by atoms with Gasteiger partial charge in [0, 0.05) is 6.04 Å². The predicted molar refractivity (Wildman–Crippen MR) is 79.4 cm³/mol. The zero-order chi connectivity index (χ0) is 15.1. The molecule has 1 aromatic carbocycles. The Morgan fingerprint density at radius 1 is 1.45 bits per heavy atom. The van der Waals surface area contributed by atoms with Crippen LogP contribution in [0.4, 0.5) is 0 Å². The first-order valence-electron chi connectivity index (χ1n) is 6.70. The average Bonchev–Trinajstić information content (AvgIpc) is 2.39. The van der Waals surface area contributed by atoms with E-state index in [4.69, 9.17) is 16.3 Å². The van der Waals surface area contributed by atoms with Crippen molar-refractivity contribution in [3.8, 4) is 5.75 Å². The molecule has 2 atom stereocenters. The fourth-order valence-corrected chi connectivity index (χ4v) is 2.05. The summed E-state index contributed by atoms with van der Waals surface area (Å²) >= 11 is 5.91. The minimum atomic E-state index is -0.688. The molecule has 0 aliphatic heterocycles. The highest BCUT2D eigenvalue weighted by Gasteiger charge is 2.18. The van der Waals surface area contributed by atoms with E-state index in [0.29, 0.717) is 17.1 Å². The number of halogens is 1. The van der Waals surface area contributed by atoms with Gasteiger partial charge in [-0.1, -0.05) is 31.0 Å². The summed E-state index contributed by atoms with van der Waals surface area (Å²) in [5, 5.41) is 3.18. The average molecular weight is 298 g/mol. The topological polar surface area (TPSA) is 55.4 Å². The highest BCUT2D eigenvalue weighted by Crippen LogP contribution is 2.25. The Labute approximate surface area is 124 Å². The van der Waals surface area contributed by atoms with Crippen LogP contribution < -0.4 is 10.1 Å². The molecule has 110 valence electrons. The monoisotopic (exact) mass is 297 g/mol. The molecule has 4 nitrogen and oxygen atoms in total. The van der Waals surface area contributed by atoms with Crippen molar-refractivity contribution in [2.45, 2.75) is 45.8 Å². The number of carbonyl (C=O) groups is 2. The molecule has 0 saturated heterocycles. The molecule has 20 heavy (non-hydrogen) atoms. The molecule has 0 bridgehead atoms. The molecule has 0 aliphatic rings. The van der Waals surface area contributed by atoms with Crippen molar-refractivity contribution in [2.24, 2.45) is 0 Å². The lowest BCUT2D eigenvalue weighted by Crippen LogP contribution is -2.41. The minimum Gasteiger partial charge on any atom is -0.480 e. The van der Waals surface area contributed by atoms with E-state index in [-0.39, 0.29) is 17.5 Å². The summed E-state index contributed by atoms with van der Waals surface area (Å²) in [4.78, 5) is 23.0. The first kappa shape index (κ1) is 16.5. The number of hydrogen-bond donors (Lipinski definition) is 1. The van der Waals surface area contributed by atoms with Crippen molar-refractivity contribution < 1.29 is 14.3 Å². The zero-order valence-electron chi connectivity index (χ0n) is 12.0. The third-order valence-electron chi connectivity index (χ3n) is 2.91. The van der Waals surface area contributed by atoms with Gasteiger partial charge in [-0.15, -0.1) is 0 Å². The summed E-state index contributed by atoms with van der Waals surface area (Å²) in [6, 6.07) is 5.00. The number of amides is 1. The third-order valence-corrected chi connectivity index (χ3v) is 3.24. The van der Waals surface area contributed by atoms with Crippen LogP contribution in [0.5, 0.6) is 5.75 Å². The van der Waals surface area contributed by atoms with E-state index in [1.54, 1.807) is 25.1 Å². The lowest BCUT2D eigenvalue weighted by Gasteiger charge is -2.19. The lowest BCUT2D eigenvalue weighted by molar-refractivity contribution is -0.127. The van der Waals surface area contributed by atoms with Gasteiger partial charge in [0.15, 0.2) is 12.4 Å². The smallest absolute Gasteiger partial charge is 0.260 e. The van der Waals surface area contributed by atoms with Gasteiger partial charge in [-0.3, -0.25) is 9.59 Å². The molecular weight excluding hydrogens is 278 g/mol. The number of carbonyl (C=O) groups excluding carboxylic acids is 2. The molecule has 0 aliphatic carbocycles. The van der Waals surface area contributed by atoms with Crippen LogP contribution in [0.15, 0.2) is 18.2 Å². The van der Waals surface area contributed by atoms with Crippen LogP contribution in [0.2, 0.25) is 5.02 Å². The molecule has 2 unspecified atom stereocenters. The summed E-state index contributed by atoms with van der Waals surface area (Å²) in [5.74, 6) is 0.112. The SMILES string of the molecule is CCCC(C)NC(=O)C(C)Oc1cccc(Cl)c1C=O. The van der Waals surface area contributed by atoms with Crippen LogP contribution >= 0.6 is 11.6 Å². The Kier molecular flexibility index (Phi) is 6.52. The number of hydrogen-bond acceptors (Lipinski definition) is 3. The molecule has 0 fully saturated rings. The molecule has 0 radical (unpaired) electrons. The van der Waals surface area contributed by atoms with E-state index in [1.807, 2.05) is 6.92 Å². The number of ether oxygens (including phenoxy) is 1. The second-order valence-corrected chi connectivity index (χ2v) is 5.14. The summed E-state index contributed by atoms with van der Waals surface area (Å²) in [7, 11) is 0. The largest absolute Gasteiger partial charge is 0.480 e. The maximum absolute atomic E-state index is 12.0. The molecule has 1 N–H and O–H groups in total. The summed E-state index contributed by atoms with van der Waals surface area (Å²) < 4.78 is 5.53. The number of benzene rings is 1. The minimum absolute atomic E-state index is 0.100. The van der Waals surface area contributed by atoms with Gasteiger partial charge in [0.2, 0.25) is 0 Å². The van der Waals surface area contributed by atoms with Crippen molar-refractivity contribution >= 4 is 23.8 Å². The molecule has 0 aromatic heterocycles. The van der Waals surface area contributed by atoms with Crippen LogP contribution in [0, 0.1) is 0 Å². The first-order valence-corrected chi connectivity index (χ1v) is 7.08. The Morgan fingerprint density at radius 3 is 2.75 bits per heavy atom. The molecule has 0 spiro atoms. The summed E-state index contributed by atoms with van der Waals surface area (Å²) in [5.41, 5.74) is 0.260. The molecule has 1 aromatic rings. The Balaban J connectivity index is 2.71. The van der Waals surface area contributed by atoms with E-state index in [9.17, 15) is 9.59 Å². The van der Waals surface area contributed by atoms with Gasteiger partial charge in [-0.05, 0) is 32.4 Å².